The maximum absolute atomic E-state index is 11.6. The van der Waals surface area contributed by atoms with E-state index in [1.54, 1.807) is 24.3 Å². The summed E-state index contributed by atoms with van der Waals surface area (Å²) in [7, 11) is 0. The van der Waals surface area contributed by atoms with Crippen LogP contribution in [-0.4, -0.2) is 44.7 Å². The molecule has 4 N–H and O–H groups in total. The number of carboxylic acids is 2. The van der Waals surface area contributed by atoms with Gasteiger partial charge in [0.15, 0.2) is 0 Å². The van der Waals surface area contributed by atoms with Gasteiger partial charge < -0.3 is 35.4 Å². The van der Waals surface area contributed by atoms with Crippen molar-refractivity contribution >= 4 is 48.0 Å². The summed E-state index contributed by atoms with van der Waals surface area (Å²) in [4.78, 5) is 42.5. The van der Waals surface area contributed by atoms with Gasteiger partial charge in [-0.1, -0.05) is 65.3 Å². The minimum Gasteiger partial charge on any atom is -0.657 e. The van der Waals surface area contributed by atoms with Gasteiger partial charge in [-0.3, -0.25) is 9.59 Å². The van der Waals surface area contributed by atoms with Gasteiger partial charge in [-0.2, -0.15) is 0 Å². The predicted molar refractivity (Wildman–Crippen MR) is 167 cm³/mol. The average Bonchev–Trinajstić information content (AvgIpc) is 3.67. The Morgan fingerprint density at radius 3 is 2.04 bits per heavy atom. The monoisotopic (exact) mass is 649 g/mol. The third-order valence-corrected chi connectivity index (χ3v) is 8.15. The van der Waals surface area contributed by atoms with Gasteiger partial charge in [-0.05, 0) is 44.4 Å². The molecule has 11 heteroatoms. The van der Waals surface area contributed by atoms with Crippen LogP contribution in [0, 0.1) is 13.8 Å². The zero-order chi connectivity index (χ0) is 31.7. The number of hydrogen-bond donors (Lipinski definition) is 4. The number of aliphatic hydroxyl groups excluding tert-OH is 2. The van der Waals surface area contributed by atoms with E-state index in [2.05, 4.69) is 6.58 Å². The smallest absolute Gasteiger partial charge is 0.657 e. The van der Waals surface area contributed by atoms with Crippen molar-refractivity contribution < 1.29 is 47.1 Å². The van der Waals surface area contributed by atoms with Crippen LogP contribution >= 0.6 is 0 Å². The van der Waals surface area contributed by atoms with Gasteiger partial charge >= 0.3 is 29.0 Å². The van der Waals surface area contributed by atoms with Gasteiger partial charge in [0, 0.05) is 24.0 Å². The Balaban J connectivity index is 0.00000461. The molecule has 0 radical (unpaired) electrons. The van der Waals surface area contributed by atoms with Crippen molar-refractivity contribution in [2.45, 2.75) is 53.1 Å². The van der Waals surface area contributed by atoms with Crippen molar-refractivity contribution in [2.75, 3.05) is 6.61 Å². The van der Waals surface area contributed by atoms with Crippen molar-refractivity contribution in [1.29, 1.82) is 0 Å². The van der Waals surface area contributed by atoms with Gasteiger partial charge in [-0.25, -0.2) is 4.99 Å². The van der Waals surface area contributed by atoms with Crippen LogP contribution in [0.4, 0.5) is 0 Å². The molecule has 5 rings (SSSR count). The molecule has 0 saturated carbocycles. The summed E-state index contributed by atoms with van der Waals surface area (Å²) in [6.45, 7) is 9.02. The topological polar surface area (TPSA) is 170 Å². The Morgan fingerprint density at radius 2 is 1.44 bits per heavy atom. The van der Waals surface area contributed by atoms with Gasteiger partial charge in [0.2, 0.25) is 0 Å². The van der Waals surface area contributed by atoms with Crippen LogP contribution in [0.5, 0.6) is 0 Å². The molecular formula is C34H33FeN4O6-. The molecule has 0 aromatic carbocycles. The van der Waals surface area contributed by atoms with E-state index in [0.717, 1.165) is 16.3 Å². The summed E-state index contributed by atoms with van der Waals surface area (Å²) < 4.78 is 0. The van der Waals surface area contributed by atoms with Gasteiger partial charge in [0.1, 0.15) is 0 Å². The normalized spacial score (nSPS) is 17.6. The predicted octanol–water partition coefficient (Wildman–Crippen LogP) is 0.222. The molecule has 0 spiro atoms. The first-order valence-corrected chi connectivity index (χ1v) is 14.3. The minimum atomic E-state index is -0.984. The summed E-state index contributed by atoms with van der Waals surface area (Å²) in [6, 6.07) is 0. The molecule has 0 atom stereocenters. The molecule has 3 aromatic heterocycles. The first-order chi connectivity index (χ1) is 21.1. The summed E-state index contributed by atoms with van der Waals surface area (Å²) in [5, 5.41) is 42.3. The summed E-state index contributed by atoms with van der Waals surface area (Å²) >= 11 is 0. The molecule has 10 nitrogen and oxygen atoms in total. The number of aliphatic imine (C=N–C) groups is 1. The van der Waals surface area contributed by atoms with Crippen molar-refractivity contribution in [1.82, 2.24) is 15.0 Å². The van der Waals surface area contributed by atoms with Crippen LogP contribution < -0.4 is 36.2 Å². The van der Waals surface area contributed by atoms with Crippen LogP contribution in [0.1, 0.15) is 64.7 Å². The molecule has 2 aliphatic heterocycles. The number of carbonyl (C=O) groups is 2. The van der Waals surface area contributed by atoms with Crippen molar-refractivity contribution in [3.05, 3.63) is 95.7 Å². The SMILES string of the molecule is C=CC1=C(CO)C2=NC/1=C\c1[n-]c(/c(=C/C)c1C)=C\c1[n-]c(c(CCC(=O)O)c1CO)/C=c1\[n-]/c(c(C)c1CCC(=O)O)=C\2.[Fe+2]. The number of fused-ring (bicyclic) bond motifs is 7. The van der Waals surface area contributed by atoms with Crippen LogP contribution in [-0.2, 0) is 46.1 Å². The van der Waals surface area contributed by atoms with Crippen molar-refractivity contribution in [3.63, 3.8) is 0 Å². The molecule has 8 bridgehead atoms. The third-order valence-electron chi connectivity index (χ3n) is 8.15. The fourth-order valence-corrected chi connectivity index (χ4v) is 5.85. The molecular weight excluding hydrogens is 616 g/mol. The first-order valence-electron chi connectivity index (χ1n) is 14.3. The van der Waals surface area contributed by atoms with E-state index >= 15 is 0 Å². The second kappa shape index (κ2) is 13.7. The zero-order valence-corrected chi connectivity index (χ0v) is 26.3. The van der Waals surface area contributed by atoms with Gasteiger partial charge in [0.25, 0.3) is 0 Å². The number of hydrogen-bond acceptors (Lipinski definition) is 5. The zero-order valence-electron chi connectivity index (χ0n) is 25.2. The van der Waals surface area contributed by atoms with Crippen molar-refractivity contribution in [2.24, 2.45) is 4.99 Å². The van der Waals surface area contributed by atoms with E-state index in [4.69, 9.17) is 19.9 Å². The molecule has 5 heterocycles. The molecule has 234 valence electrons. The second-order valence-electron chi connectivity index (χ2n) is 10.7. The molecule has 2 aliphatic rings. The molecule has 0 aliphatic carbocycles. The number of rotatable bonds is 9. The largest absolute Gasteiger partial charge is 2.00 e. The van der Waals surface area contributed by atoms with Crippen LogP contribution in [0.15, 0.2) is 34.5 Å². The molecule has 0 fully saturated rings. The van der Waals surface area contributed by atoms with Gasteiger partial charge in [-0.15, -0.1) is 33.1 Å². The quantitative estimate of drug-likeness (QED) is 0.237. The Hall–Kier alpha value is -4.41. The Morgan fingerprint density at radius 1 is 0.800 bits per heavy atom. The van der Waals surface area contributed by atoms with E-state index in [0.29, 0.717) is 72.4 Å². The molecule has 0 saturated heterocycles. The third kappa shape index (κ3) is 6.39. The minimum absolute atomic E-state index is 0. The van der Waals surface area contributed by atoms with E-state index in [1.165, 1.54) is 0 Å². The van der Waals surface area contributed by atoms with Crippen LogP contribution in [0.3, 0.4) is 0 Å². The first kappa shape index (κ1) is 33.5. The molecule has 0 unspecified atom stereocenters. The number of aliphatic hydroxyl groups is 2. The summed E-state index contributed by atoms with van der Waals surface area (Å²) in [6.07, 6.45) is 10.8. The Bertz CT molecular complexity index is 2050. The Kier molecular flexibility index (Phi) is 10.2. The number of carboxylic acid groups (broad SMARTS) is 2. The average molecular weight is 650 g/mol. The number of allylic oxidation sites excluding steroid dienone is 1. The number of nitrogens with zero attached hydrogens (tertiary/aromatic N) is 4. The maximum Gasteiger partial charge on any atom is 2.00 e. The maximum atomic E-state index is 11.6. The van der Waals surface area contributed by atoms with E-state index in [9.17, 15) is 30.0 Å². The Labute approximate surface area is 269 Å². The number of aliphatic carboxylic acids is 2. The summed E-state index contributed by atoms with van der Waals surface area (Å²) in [5.74, 6) is -1.94. The van der Waals surface area contributed by atoms with E-state index < -0.39 is 11.9 Å². The standard InChI is InChI=1S/C34H35N4O6.Fe/c1-5-19-17(3)25-11-28-20(6-2)23(15-39)31(37-28)12-26-18(4)21(7-9-33(41)42)29(36-26)14-30-22(8-10-34(43)44)24(16-40)32(38-30)13-27(19)35-25;/h5-6,11-14,39-40H,2,7-10,15-16H2,1,3-4H3,(H4-,35,36,37,38,41,42,43,44);/q-1;+2/p-2/b19-5+,28-11-;. The summed E-state index contributed by atoms with van der Waals surface area (Å²) in [5.41, 5.74) is 7.39. The van der Waals surface area contributed by atoms with Gasteiger partial charge in [0.05, 0.1) is 24.6 Å². The fourth-order valence-electron chi connectivity index (χ4n) is 5.85. The second-order valence-corrected chi connectivity index (χ2v) is 10.7. The van der Waals surface area contributed by atoms with E-state index in [-0.39, 0.29) is 56.0 Å². The molecule has 0 amide bonds. The molecule has 3 aromatic rings. The van der Waals surface area contributed by atoms with Crippen LogP contribution in [0.25, 0.3) is 30.4 Å². The molecule has 45 heavy (non-hydrogen) atoms. The number of aromatic nitrogens is 3. The van der Waals surface area contributed by atoms with E-state index in [1.807, 2.05) is 32.9 Å². The van der Waals surface area contributed by atoms with Crippen molar-refractivity contribution in [3.8, 4) is 0 Å². The van der Waals surface area contributed by atoms with Crippen LogP contribution in [0.2, 0.25) is 0 Å². The fraction of sp³-hybridized carbons (Fsp3) is 0.265.